The molecule has 0 radical (unpaired) electrons. The zero-order valence-electron chi connectivity index (χ0n) is 34.9. The maximum absolute atomic E-state index is 13.0. The van der Waals surface area contributed by atoms with Crippen molar-refractivity contribution in [1.29, 1.82) is 0 Å². The van der Waals surface area contributed by atoms with Crippen LogP contribution in [-0.4, -0.2) is 98.7 Å². The van der Waals surface area contributed by atoms with Gasteiger partial charge in [-0.3, -0.25) is 4.79 Å². The van der Waals surface area contributed by atoms with Gasteiger partial charge < -0.3 is 45.4 Å². The van der Waals surface area contributed by atoms with E-state index in [2.05, 4.69) is 19.2 Å². The Balaban J connectivity index is 2.40. The molecule has 1 heterocycles. The van der Waals surface area contributed by atoms with E-state index in [9.17, 15) is 35.4 Å². The molecule has 0 aromatic heterocycles. The molecule has 1 rings (SSSR count). The van der Waals surface area contributed by atoms with E-state index in [1.54, 1.807) is 0 Å². The highest BCUT2D eigenvalue weighted by molar-refractivity contribution is 5.76. The minimum atomic E-state index is -1.60. The second kappa shape index (κ2) is 35.3. The summed E-state index contributed by atoms with van der Waals surface area (Å²) in [4.78, 5) is 13.0. The SMILES string of the molecule is CCCCCCCCCCCCCCCCCC(=O)N[C@@H](CO[C@@H]1O[C@H](CO)[C@@H](O)C(O)C1O)[C@H](O)[C@H](O)CCCCCCCCCCCCCCCC. The molecule has 7 N–H and O–H groups in total. The van der Waals surface area contributed by atoms with Crippen LogP contribution in [0.15, 0.2) is 0 Å². The van der Waals surface area contributed by atoms with Crippen molar-refractivity contribution < 1.29 is 44.9 Å². The van der Waals surface area contributed by atoms with Crippen LogP contribution in [0.2, 0.25) is 0 Å². The van der Waals surface area contributed by atoms with Crippen LogP contribution in [0.1, 0.15) is 213 Å². The molecule has 1 aliphatic heterocycles. The Morgan fingerprint density at radius 2 is 0.963 bits per heavy atom. The zero-order valence-corrected chi connectivity index (χ0v) is 34.9. The van der Waals surface area contributed by atoms with Crippen LogP contribution >= 0.6 is 0 Å². The lowest BCUT2D eigenvalue weighted by molar-refractivity contribution is -0.303. The molecule has 0 saturated carbocycles. The number of carbonyl (C=O) groups excluding carboxylic acids is 1. The molecule has 322 valence electrons. The van der Waals surface area contributed by atoms with Gasteiger partial charge in [-0.25, -0.2) is 0 Å². The Labute approximate surface area is 330 Å². The Kier molecular flexibility index (Phi) is 33.5. The first kappa shape index (κ1) is 51.2. The summed E-state index contributed by atoms with van der Waals surface area (Å²) in [5.74, 6) is -0.255. The standard InChI is InChI=1S/C44H87NO9/c1-3-5-7-9-11-13-15-17-19-21-23-25-27-29-31-33-39(48)45-36(35-53-44-43(52)42(51)41(50)38(34-46)54-44)40(49)37(47)32-30-28-26-24-22-20-18-16-14-12-10-8-6-4-2/h36-38,40-44,46-47,49-52H,3-35H2,1-2H3,(H,45,48)/t36-,37+,38+,40-,41+,42?,43?,44+/m0/s1. The van der Waals surface area contributed by atoms with E-state index in [1.807, 2.05) is 0 Å². The van der Waals surface area contributed by atoms with Crippen molar-refractivity contribution in [3.63, 3.8) is 0 Å². The molecule has 1 amide bonds. The predicted octanol–water partition coefficient (Wildman–Crippen LogP) is 8.14. The van der Waals surface area contributed by atoms with E-state index in [-0.39, 0.29) is 18.9 Å². The lowest BCUT2D eigenvalue weighted by Gasteiger charge is -2.40. The molecule has 0 aromatic carbocycles. The van der Waals surface area contributed by atoms with Gasteiger partial charge in [0.05, 0.1) is 25.4 Å². The number of carbonyl (C=O) groups is 1. The van der Waals surface area contributed by atoms with E-state index < -0.39 is 55.6 Å². The van der Waals surface area contributed by atoms with E-state index in [0.717, 1.165) is 38.5 Å². The van der Waals surface area contributed by atoms with Gasteiger partial charge in [0.1, 0.15) is 30.5 Å². The molecule has 2 unspecified atom stereocenters. The van der Waals surface area contributed by atoms with Crippen LogP contribution in [0.4, 0.5) is 0 Å². The van der Waals surface area contributed by atoms with Gasteiger partial charge in [-0.15, -0.1) is 0 Å². The van der Waals surface area contributed by atoms with Crippen molar-refractivity contribution in [2.24, 2.45) is 0 Å². The van der Waals surface area contributed by atoms with E-state index >= 15 is 0 Å². The van der Waals surface area contributed by atoms with Crippen LogP contribution in [-0.2, 0) is 14.3 Å². The molecular weight excluding hydrogens is 686 g/mol. The summed E-state index contributed by atoms with van der Waals surface area (Å²) < 4.78 is 11.2. The van der Waals surface area contributed by atoms with Gasteiger partial charge in [-0.1, -0.05) is 194 Å². The Hall–Kier alpha value is -0.850. The summed E-state index contributed by atoms with van der Waals surface area (Å²) in [5.41, 5.74) is 0. The van der Waals surface area contributed by atoms with E-state index in [4.69, 9.17) is 9.47 Å². The van der Waals surface area contributed by atoms with Gasteiger partial charge in [-0.2, -0.15) is 0 Å². The van der Waals surface area contributed by atoms with E-state index in [0.29, 0.717) is 6.42 Å². The van der Waals surface area contributed by atoms with Crippen LogP contribution < -0.4 is 5.32 Å². The number of rotatable bonds is 38. The number of ether oxygens (including phenoxy) is 2. The normalized spacial score (nSPS) is 22.0. The quantitative estimate of drug-likeness (QED) is 0.0306. The number of nitrogens with one attached hydrogen (secondary N) is 1. The number of aliphatic hydroxyl groups is 6. The summed E-state index contributed by atoms with van der Waals surface area (Å²) in [6.45, 7) is 3.61. The van der Waals surface area contributed by atoms with Crippen LogP contribution in [0, 0.1) is 0 Å². The summed E-state index contributed by atoms with van der Waals surface area (Å²) in [6, 6.07) is -0.983. The Morgan fingerprint density at radius 1 is 0.574 bits per heavy atom. The maximum atomic E-state index is 13.0. The number of aliphatic hydroxyl groups excluding tert-OH is 6. The molecule has 1 fully saturated rings. The molecule has 1 saturated heterocycles. The molecule has 54 heavy (non-hydrogen) atoms. The largest absolute Gasteiger partial charge is 0.394 e. The monoisotopic (exact) mass is 774 g/mol. The van der Waals surface area contributed by atoms with Crippen molar-refractivity contribution in [2.45, 2.75) is 262 Å². The fourth-order valence-electron chi connectivity index (χ4n) is 7.55. The summed E-state index contributed by atoms with van der Waals surface area (Å²) in [6.07, 6.45) is 26.7. The lowest BCUT2D eigenvalue weighted by Crippen LogP contribution is -2.60. The number of unbranched alkanes of at least 4 members (excludes halogenated alkanes) is 27. The van der Waals surface area contributed by atoms with Crippen molar-refractivity contribution in [1.82, 2.24) is 5.32 Å². The van der Waals surface area contributed by atoms with Gasteiger partial charge in [0, 0.05) is 6.42 Å². The smallest absolute Gasteiger partial charge is 0.220 e. The Morgan fingerprint density at radius 3 is 1.37 bits per heavy atom. The predicted molar refractivity (Wildman–Crippen MR) is 218 cm³/mol. The van der Waals surface area contributed by atoms with Crippen LogP contribution in [0.25, 0.3) is 0 Å². The first-order chi connectivity index (χ1) is 26.3. The zero-order chi connectivity index (χ0) is 39.7. The first-order valence-corrected chi connectivity index (χ1v) is 22.8. The average Bonchev–Trinajstić information content (AvgIpc) is 3.17. The molecule has 1 aliphatic rings. The van der Waals surface area contributed by atoms with Crippen molar-refractivity contribution in [2.75, 3.05) is 13.2 Å². The molecule has 0 aliphatic carbocycles. The molecule has 0 spiro atoms. The first-order valence-electron chi connectivity index (χ1n) is 22.8. The molecular formula is C44H87NO9. The van der Waals surface area contributed by atoms with Crippen molar-refractivity contribution in [3.05, 3.63) is 0 Å². The van der Waals surface area contributed by atoms with Crippen LogP contribution in [0.5, 0.6) is 0 Å². The van der Waals surface area contributed by atoms with Gasteiger partial charge in [-0.05, 0) is 12.8 Å². The highest BCUT2D eigenvalue weighted by Gasteiger charge is 2.44. The summed E-state index contributed by atoms with van der Waals surface area (Å²) in [5, 5.41) is 65.1. The molecule has 8 atom stereocenters. The third-order valence-corrected chi connectivity index (χ3v) is 11.3. The maximum Gasteiger partial charge on any atom is 0.220 e. The molecule has 10 heteroatoms. The van der Waals surface area contributed by atoms with Crippen molar-refractivity contribution >= 4 is 5.91 Å². The minimum absolute atomic E-state index is 0.255. The highest BCUT2D eigenvalue weighted by Crippen LogP contribution is 2.23. The number of amides is 1. The lowest BCUT2D eigenvalue weighted by atomic mass is 9.98. The van der Waals surface area contributed by atoms with Gasteiger partial charge in [0.2, 0.25) is 5.91 Å². The van der Waals surface area contributed by atoms with Gasteiger partial charge in [0.15, 0.2) is 6.29 Å². The second-order valence-electron chi connectivity index (χ2n) is 16.3. The van der Waals surface area contributed by atoms with Crippen molar-refractivity contribution in [3.8, 4) is 0 Å². The number of hydrogen-bond acceptors (Lipinski definition) is 9. The summed E-state index contributed by atoms with van der Waals surface area (Å²) in [7, 11) is 0. The fourth-order valence-corrected chi connectivity index (χ4v) is 7.55. The number of hydrogen-bond donors (Lipinski definition) is 7. The molecule has 0 aromatic rings. The third-order valence-electron chi connectivity index (χ3n) is 11.3. The fraction of sp³-hybridized carbons (Fsp3) is 0.977. The molecule has 10 nitrogen and oxygen atoms in total. The van der Waals surface area contributed by atoms with Crippen LogP contribution in [0.3, 0.4) is 0 Å². The second-order valence-corrected chi connectivity index (χ2v) is 16.3. The summed E-state index contributed by atoms with van der Waals surface area (Å²) >= 11 is 0. The highest BCUT2D eigenvalue weighted by atomic mass is 16.7. The van der Waals surface area contributed by atoms with Gasteiger partial charge in [0.25, 0.3) is 0 Å². The third kappa shape index (κ3) is 25.4. The van der Waals surface area contributed by atoms with Gasteiger partial charge >= 0.3 is 0 Å². The molecule has 0 bridgehead atoms. The Bertz CT molecular complexity index is 834. The van der Waals surface area contributed by atoms with E-state index in [1.165, 1.54) is 148 Å². The topological polar surface area (TPSA) is 169 Å². The minimum Gasteiger partial charge on any atom is -0.394 e. The average molecular weight is 774 g/mol.